The van der Waals surface area contributed by atoms with E-state index in [4.69, 9.17) is 0 Å². The molecule has 0 bridgehead atoms. The first kappa shape index (κ1) is 14.8. The van der Waals surface area contributed by atoms with Crippen LogP contribution in [0.1, 0.15) is 26.3 Å². The van der Waals surface area contributed by atoms with E-state index in [9.17, 15) is 9.59 Å². The zero-order valence-corrected chi connectivity index (χ0v) is 13.4. The molecule has 1 heterocycles. The number of carbonyl (C=O) groups is 2. The van der Waals surface area contributed by atoms with E-state index in [1.54, 1.807) is 0 Å². The zero-order valence-electron chi connectivity index (χ0n) is 13.4. The first-order valence-electron chi connectivity index (χ1n) is 7.94. The molecule has 3 rings (SSSR count). The van der Waals surface area contributed by atoms with Crippen molar-refractivity contribution in [2.75, 3.05) is 13.1 Å². The fourth-order valence-electron chi connectivity index (χ4n) is 3.68. The minimum atomic E-state index is -0.254. The molecule has 1 fully saturated rings. The number of nitrogens with zero attached hydrogens (tertiary/aromatic N) is 2. The number of carbonyl (C=O) groups excluding carboxylic acids is 2. The van der Waals surface area contributed by atoms with E-state index in [1.807, 2.05) is 37.3 Å². The largest absolute Gasteiger partial charge is 0.375 e. The van der Waals surface area contributed by atoms with E-state index in [0.29, 0.717) is 6.54 Å². The molecule has 0 saturated carbocycles. The average Bonchev–Trinajstić information content (AvgIpc) is 2.74. The lowest BCUT2D eigenvalue weighted by molar-refractivity contribution is -0.140. The molecule has 2 amide bonds. The number of benzene rings is 1. The molecule has 1 aromatic rings. The molecule has 1 aliphatic carbocycles. The summed E-state index contributed by atoms with van der Waals surface area (Å²) in [6, 6.07) is 9.70. The Kier molecular flexibility index (Phi) is 3.77. The molecule has 4 heteroatoms. The third-order valence-corrected chi connectivity index (χ3v) is 4.85. The summed E-state index contributed by atoms with van der Waals surface area (Å²) >= 11 is 0. The summed E-state index contributed by atoms with van der Waals surface area (Å²) in [4.78, 5) is 28.9. The van der Waals surface area contributed by atoms with Crippen molar-refractivity contribution in [1.29, 1.82) is 0 Å². The van der Waals surface area contributed by atoms with Crippen molar-refractivity contribution < 1.29 is 9.59 Å². The summed E-state index contributed by atoms with van der Waals surface area (Å²) in [7, 11) is 0. The van der Waals surface area contributed by atoms with E-state index in [1.165, 1.54) is 4.90 Å². The van der Waals surface area contributed by atoms with E-state index < -0.39 is 0 Å². The maximum absolute atomic E-state index is 12.7. The zero-order chi connectivity index (χ0) is 15.9. The Morgan fingerprint density at radius 3 is 2.18 bits per heavy atom. The number of imide groups is 1. The van der Waals surface area contributed by atoms with Gasteiger partial charge in [0.1, 0.15) is 0 Å². The number of amides is 2. The van der Waals surface area contributed by atoms with E-state index in [2.05, 4.69) is 18.7 Å². The molecule has 0 radical (unpaired) electrons. The van der Waals surface area contributed by atoms with Gasteiger partial charge in [-0.3, -0.25) is 14.5 Å². The van der Waals surface area contributed by atoms with Crippen molar-refractivity contribution in [2.45, 2.75) is 27.3 Å². The molecule has 0 N–H and O–H groups in total. The van der Waals surface area contributed by atoms with Crippen molar-refractivity contribution in [3.8, 4) is 0 Å². The summed E-state index contributed by atoms with van der Waals surface area (Å²) in [5.41, 5.74) is 3.14. The van der Waals surface area contributed by atoms with Crippen LogP contribution in [0.2, 0.25) is 0 Å². The van der Waals surface area contributed by atoms with Crippen LogP contribution in [-0.4, -0.2) is 34.7 Å². The lowest BCUT2D eigenvalue weighted by atomic mass is 9.73. The van der Waals surface area contributed by atoms with Gasteiger partial charge in [-0.1, -0.05) is 30.3 Å². The standard InChI is InChI=1S/C18H22N2O2/c1-4-19(5-2)16-12(3)14-15(16)18(22)20(17(14)21)11-13-9-7-6-8-10-13/h6-10,14-15H,4-5,11H2,1-3H3/t14-,15-/m0/s1. The number of rotatable bonds is 5. The Hall–Kier alpha value is -2.10. The van der Waals surface area contributed by atoms with Crippen LogP contribution in [0.5, 0.6) is 0 Å². The molecule has 0 spiro atoms. The second-order valence-electron chi connectivity index (χ2n) is 5.94. The summed E-state index contributed by atoms with van der Waals surface area (Å²) in [5.74, 6) is -0.554. The number of fused-ring (bicyclic) bond motifs is 1. The molecule has 116 valence electrons. The van der Waals surface area contributed by atoms with Gasteiger partial charge < -0.3 is 4.90 Å². The number of hydrogen-bond acceptors (Lipinski definition) is 3. The van der Waals surface area contributed by atoms with Crippen LogP contribution >= 0.6 is 0 Å². The van der Waals surface area contributed by atoms with E-state index >= 15 is 0 Å². The predicted molar refractivity (Wildman–Crippen MR) is 84.6 cm³/mol. The van der Waals surface area contributed by atoms with Crippen LogP contribution in [0.25, 0.3) is 0 Å². The van der Waals surface area contributed by atoms with Crippen LogP contribution in [-0.2, 0) is 16.1 Å². The van der Waals surface area contributed by atoms with Gasteiger partial charge in [0.05, 0.1) is 18.4 Å². The van der Waals surface area contributed by atoms with Crippen LogP contribution in [0.3, 0.4) is 0 Å². The Morgan fingerprint density at radius 2 is 1.59 bits per heavy atom. The van der Waals surface area contributed by atoms with Crippen LogP contribution in [0, 0.1) is 11.8 Å². The van der Waals surface area contributed by atoms with Gasteiger partial charge in [-0.15, -0.1) is 0 Å². The maximum atomic E-state index is 12.7. The first-order chi connectivity index (χ1) is 10.6. The van der Waals surface area contributed by atoms with Gasteiger partial charge in [-0.2, -0.15) is 0 Å². The fraction of sp³-hybridized carbons (Fsp3) is 0.444. The molecular formula is C18H22N2O2. The molecule has 2 aliphatic rings. The van der Waals surface area contributed by atoms with Crippen LogP contribution < -0.4 is 0 Å². The molecule has 2 atom stereocenters. The normalized spacial score (nSPS) is 23.7. The van der Waals surface area contributed by atoms with Gasteiger partial charge in [0, 0.05) is 18.8 Å². The molecular weight excluding hydrogens is 276 g/mol. The fourth-order valence-corrected chi connectivity index (χ4v) is 3.68. The van der Waals surface area contributed by atoms with Gasteiger partial charge in [0.2, 0.25) is 11.8 Å². The minimum absolute atomic E-state index is 0.0349. The van der Waals surface area contributed by atoms with Gasteiger partial charge in [0.15, 0.2) is 0 Å². The Bertz CT molecular complexity index is 632. The lowest BCUT2D eigenvalue weighted by Gasteiger charge is -2.39. The number of hydrogen-bond donors (Lipinski definition) is 0. The summed E-state index contributed by atoms with van der Waals surface area (Å²) in [6.45, 7) is 8.27. The van der Waals surface area contributed by atoms with E-state index in [-0.39, 0.29) is 23.7 Å². The Balaban J connectivity index is 1.84. The highest BCUT2D eigenvalue weighted by atomic mass is 16.2. The minimum Gasteiger partial charge on any atom is -0.375 e. The van der Waals surface area contributed by atoms with Crippen molar-refractivity contribution in [3.63, 3.8) is 0 Å². The van der Waals surface area contributed by atoms with Crippen molar-refractivity contribution in [2.24, 2.45) is 11.8 Å². The molecule has 1 aromatic carbocycles. The monoisotopic (exact) mass is 298 g/mol. The smallest absolute Gasteiger partial charge is 0.239 e. The van der Waals surface area contributed by atoms with Gasteiger partial charge in [-0.25, -0.2) is 0 Å². The Morgan fingerprint density at radius 1 is 1.00 bits per heavy atom. The summed E-state index contributed by atoms with van der Waals surface area (Å²) in [6.07, 6.45) is 0. The molecule has 0 aromatic heterocycles. The van der Waals surface area contributed by atoms with Crippen molar-refractivity contribution in [3.05, 3.63) is 47.2 Å². The lowest BCUT2D eigenvalue weighted by Crippen LogP contribution is -2.41. The van der Waals surface area contributed by atoms with Gasteiger partial charge >= 0.3 is 0 Å². The van der Waals surface area contributed by atoms with E-state index in [0.717, 1.165) is 29.9 Å². The van der Waals surface area contributed by atoms with Crippen LogP contribution in [0.4, 0.5) is 0 Å². The third kappa shape index (κ3) is 2.05. The highest BCUT2D eigenvalue weighted by molar-refractivity contribution is 6.10. The second kappa shape index (κ2) is 5.59. The summed E-state index contributed by atoms with van der Waals surface area (Å²) in [5, 5.41) is 0. The van der Waals surface area contributed by atoms with Gasteiger partial charge in [0.25, 0.3) is 0 Å². The predicted octanol–water partition coefficient (Wildman–Crippen LogP) is 2.42. The quantitative estimate of drug-likeness (QED) is 0.784. The average molecular weight is 298 g/mol. The van der Waals surface area contributed by atoms with Crippen molar-refractivity contribution >= 4 is 11.8 Å². The second-order valence-corrected chi connectivity index (χ2v) is 5.94. The first-order valence-corrected chi connectivity index (χ1v) is 7.94. The molecule has 0 unspecified atom stereocenters. The highest BCUT2D eigenvalue weighted by Crippen LogP contribution is 2.48. The molecule has 22 heavy (non-hydrogen) atoms. The third-order valence-electron chi connectivity index (χ3n) is 4.85. The molecule has 1 aliphatic heterocycles. The number of likely N-dealkylation sites (tertiary alicyclic amines) is 1. The SMILES string of the molecule is CCN(CC)C1=C(C)[C@@H]2C(=O)N(Cc3ccccc3)C(=O)[C@H]12. The Labute approximate surface area is 131 Å². The van der Waals surface area contributed by atoms with Gasteiger partial charge in [-0.05, 0) is 31.9 Å². The summed E-state index contributed by atoms with van der Waals surface area (Å²) < 4.78 is 0. The molecule has 1 saturated heterocycles. The van der Waals surface area contributed by atoms with Crippen LogP contribution in [0.15, 0.2) is 41.6 Å². The van der Waals surface area contributed by atoms with Crippen molar-refractivity contribution in [1.82, 2.24) is 9.80 Å². The molecule has 4 nitrogen and oxygen atoms in total. The highest BCUT2D eigenvalue weighted by Gasteiger charge is 2.57. The maximum Gasteiger partial charge on any atom is 0.239 e. The topological polar surface area (TPSA) is 40.6 Å².